The number of nitrogens with one attached hydrogen (secondary N) is 4. The lowest BCUT2D eigenvalue weighted by Gasteiger charge is -2.24. The molecule has 0 aromatic heterocycles. The third kappa shape index (κ3) is 11.7. The Bertz CT molecular complexity index is 1400. The highest BCUT2D eigenvalue weighted by molar-refractivity contribution is 7.90. The van der Waals surface area contributed by atoms with Gasteiger partial charge >= 0.3 is 0 Å². The first-order valence-corrected chi connectivity index (χ1v) is 15.5. The van der Waals surface area contributed by atoms with Crippen LogP contribution >= 0.6 is 0 Å². The van der Waals surface area contributed by atoms with Gasteiger partial charge < -0.3 is 15.4 Å². The van der Waals surface area contributed by atoms with Crippen LogP contribution in [0.3, 0.4) is 0 Å². The summed E-state index contributed by atoms with van der Waals surface area (Å²) in [5.41, 5.74) is 4.56. The molecule has 0 saturated heterocycles. The van der Waals surface area contributed by atoms with Crippen LogP contribution in [0.5, 0.6) is 0 Å². The fourth-order valence-electron chi connectivity index (χ4n) is 3.85. The molecule has 0 saturated carbocycles. The quantitative estimate of drug-likeness (QED) is 0.128. The van der Waals surface area contributed by atoms with Gasteiger partial charge in [0.1, 0.15) is 6.10 Å². The summed E-state index contributed by atoms with van der Waals surface area (Å²) in [5.74, 6) is -0.807. The Morgan fingerprint density at radius 1 is 1.12 bits per heavy atom. The predicted molar refractivity (Wildman–Crippen MR) is 171 cm³/mol. The molecule has 0 bridgehead atoms. The van der Waals surface area contributed by atoms with Crippen LogP contribution in [0.1, 0.15) is 75.6 Å². The number of sulfonamides is 1. The van der Waals surface area contributed by atoms with Crippen LogP contribution in [0.2, 0.25) is 0 Å². The highest BCUT2D eigenvalue weighted by Gasteiger charge is 2.21. The highest BCUT2D eigenvalue weighted by Crippen LogP contribution is 2.25. The van der Waals surface area contributed by atoms with E-state index in [1.54, 1.807) is 6.07 Å². The molecule has 0 aliphatic heterocycles. The number of allylic oxidation sites excluding steroid dienone is 4. The molecule has 0 aliphatic rings. The van der Waals surface area contributed by atoms with E-state index in [1.807, 2.05) is 51.1 Å². The number of amides is 1. The SMILES string of the molecule is C=C(C)/C=C\C=C(\C)C(C)OC(CNC(=O)c1cccc(S(=O)(=O)NC(=N)NC)c1)c1ccc(CCC(C)(C)C)cc1. The van der Waals surface area contributed by atoms with E-state index in [-0.39, 0.29) is 34.5 Å². The van der Waals surface area contributed by atoms with Gasteiger partial charge in [0.15, 0.2) is 0 Å². The van der Waals surface area contributed by atoms with E-state index < -0.39 is 22.0 Å². The van der Waals surface area contributed by atoms with Gasteiger partial charge in [-0.05, 0) is 73.9 Å². The van der Waals surface area contributed by atoms with Crippen molar-refractivity contribution in [3.8, 4) is 0 Å². The molecule has 2 unspecified atom stereocenters. The molecule has 2 atom stereocenters. The van der Waals surface area contributed by atoms with Gasteiger partial charge in [-0.3, -0.25) is 10.2 Å². The summed E-state index contributed by atoms with van der Waals surface area (Å²) in [4.78, 5) is 13.0. The Hall–Kier alpha value is -3.69. The zero-order chi connectivity index (χ0) is 31.5. The Kier molecular flexibility index (Phi) is 12.7. The second-order valence-corrected chi connectivity index (χ2v) is 13.3. The number of hydrogen-bond donors (Lipinski definition) is 4. The van der Waals surface area contributed by atoms with Crippen LogP contribution in [0.4, 0.5) is 0 Å². The second kappa shape index (κ2) is 15.5. The molecule has 2 aromatic rings. The van der Waals surface area contributed by atoms with E-state index in [0.29, 0.717) is 0 Å². The van der Waals surface area contributed by atoms with Crippen molar-refractivity contribution in [3.63, 3.8) is 0 Å². The molecule has 8 nitrogen and oxygen atoms in total. The maximum Gasteiger partial charge on any atom is 0.264 e. The maximum atomic E-state index is 13.1. The third-order valence-corrected chi connectivity index (χ3v) is 7.95. The third-order valence-electron chi connectivity index (χ3n) is 6.61. The Balaban J connectivity index is 2.26. The smallest absolute Gasteiger partial charge is 0.264 e. The molecular formula is C33H46N4O4S. The standard InChI is InChI=1S/C33H46N4O4S/c1-23(2)11-9-12-24(3)25(4)41-30(27-17-15-26(16-18-27)19-20-33(5,6)7)22-36-31(38)28-13-10-14-29(21-28)42(39,40)37-32(34)35-8/h9-18,21,25,30H,1,19-20,22H2,2-8H3,(H,36,38)(H3,34,35,37)/b11-9-,24-12-. The lowest BCUT2D eigenvalue weighted by atomic mass is 9.88. The average molecular weight is 595 g/mol. The summed E-state index contributed by atoms with van der Waals surface area (Å²) in [7, 11) is -2.58. The Labute approximate surface area is 251 Å². The number of hydrogen-bond acceptors (Lipinski definition) is 5. The first-order chi connectivity index (χ1) is 19.6. The maximum absolute atomic E-state index is 13.1. The van der Waals surface area contributed by atoms with Gasteiger partial charge in [-0.2, -0.15) is 0 Å². The number of carbonyl (C=O) groups is 1. The Morgan fingerprint density at radius 3 is 2.38 bits per heavy atom. The largest absolute Gasteiger partial charge is 0.364 e. The van der Waals surface area contributed by atoms with E-state index in [9.17, 15) is 13.2 Å². The molecule has 0 aliphatic carbocycles. The summed E-state index contributed by atoms with van der Waals surface area (Å²) >= 11 is 0. The van der Waals surface area contributed by atoms with Crippen LogP contribution in [0.15, 0.2) is 89.4 Å². The van der Waals surface area contributed by atoms with Gasteiger partial charge in [0.05, 0.1) is 11.0 Å². The van der Waals surface area contributed by atoms with Crippen LogP contribution in [0.25, 0.3) is 0 Å². The van der Waals surface area contributed by atoms with Crippen LogP contribution < -0.4 is 15.4 Å². The van der Waals surface area contributed by atoms with Crippen LogP contribution in [0, 0.1) is 10.8 Å². The molecular weight excluding hydrogens is 548 g/mol. The second-order valence-electron chi connectivity index (χ2n) is 11.7. The number of ether oxygens (including phenoxy) is 1. The summed E-state index contributed by atoms with van der Waals surface area (Å²) in [6.07, 6.45) is 7.21. The topological polar surface area (TPSA) is 120 Å². The van der Waals surface area contributed by atoms with Crippen molar-refractivity contribution < 1.29 is 17.9 Å². The van der Waals surface area contributed by atoms with Crippen molar-refractivity contribution in [3.05, 3.63) is 101 Å². The van der Waals surface area contributed by atoms with Crippen molar-refractivity contribution >= 4 is 21.9 Å². The molecule has 0 fully saturated rings. The zero-order valence-electron chi connectivity index (χ0n) is 25.9. The van der Waals surface area contributed by atoms with E-state index >= 15 is 0 Å². The minimum absolute atomic E-state index is 0.119. The number of carbonyl (C=O) groups excluding carboxylic acids is 1. The molecule has 2 aromatic carbocycles. The predicted octanol–water partition coefficient (Wildman–Crippen LogP) is 6.05. The van der Waals surface area contributed by atoms with Gasteiger partial charge in [0.2, 0.25) is 5.96 Å². The molecule has 0 heterocycles. The minimum atomic E-state index is -4.02. The zero-order valence-corrected chi connectivity index (χ0v) is 26.7. The van der Waals surface area contributed by atoms with Gasteiger partial charge in [-0.25, -0.2) is 13.1 Å². The number of rotatable bonds is 13. The fourth-order valence-corrected chi connectivity index (χ4v) is 4.88. The Morgan fingerprint density at radius 2 is 1.79 bits per heavy atom. The molecule has 0 spiro atoms. The lowest BCUT2D eigenvalue weighted by molar-refractivity contribution is 0.0160. The molecule has 1 amide bonds. The molecule has 0 radical (unpaired) electrons. The highest BCUT2D eigenvalue weighted by atomic mass is 32.2. The van der Waals surface area contributed by atoms with Gasteiger partial charge in [-0.1, -0.05) is 81.5 Å². The van der Waals surface area contributed by atoms with E-state index in [2.05, 4.69) is 54.8 Å². The molecule has 4 N–H and O–H groups in total. The van der Waals surface area contributed by atoms with Crippen molar-refractivity contribution in [1.82, 2.24) is 15.4 Å². The van der Waals surface area contributed by atoms with E-state index in [0.717, 1.165) is 29.6 Å². The van der Waals surface area contributed by atoms with Crippen molar-refractivity contribution in [1.29, 1.82) is 5.41 Å². The van der Waals surface area contributed by atoms with Crippen LogP contribution in [-0.2, 0) is 21.2 Å². The summed E-state index contributed by atoms with van der Waals surface area (Å²) < 4.78 is 33.8. The summed E-state index contributed by atoms with van der Waals surface area (Å²) in [5, 5.41) is 12.9. The van der Waals surface area contributed by atoms with Gasteiger partial charge in [0, 0.05) is 19.2 Å². The normalized spacial score (nSPS) is 13.8. The molecule has 9 heteroatoms. The molecule has 2 rings (SSSR count). The van der Waals surface area contributed by atoms with Gasteiger partial charge in [0.25, 0.3) is 15.9 Å². The first kappa shape index (κ1) is 34.5. The molecule has 42 heavy (non-hydrogen) atoms. The minimum Gasteiger partial charge on any atom is -0.364 e. The number of guanidine groups is 1. The van der Waals surface area contributed by atoms with E-state index in [4.69, 9.17) is 10.1 Å². The number of benzene rings is 2. The summed E-state index contributed by atoms with van der Waals surface area (Å²) in [6.45, 7) is 16.6. The van der Waals surface area contributed by atoms with Crippen LogP contribution in [-0.4, -0.2) is 40.0 Å². The van der Waals surface area contributed by atoms with E-state index in [1.165, 1.54) is 30.8 Å². The first-order valence-electron chi connectivity index (χ1n) is 14.0. The van der Waals surface area contributed by atoms with Crippen molar-refractivity contribution in [2.45, 2.75) is 71.5 Å². The monoisotopic (exact) mass is 594 g/mol. The fraction of sp³-hybridized carbons (Fsp3) is 0.394. The summed E-state index contributed by atoms with van der Waals surface area (Å²) in [6, 6.07) is 14.0. The number of aryl methyl sites for hydroxylation is 1. The van der Waals surface area contributed by atoms with Crippen molar-refractivity contribution in [2.24, 2.45) is 5.41 Å². The van der Waals surface area contributed by atoms with Crippen molar-refractivity contribution in [2.75, 3.05) is 13.6 Å². The average Bonchev–Trinajstić information content (AvgIpc) is 2.93. The molecule has 228 valence electrons. The lowest BCUT2D eigenvalue weighted by Crippen LogP contribution is -2.38. The van der Waals surface area contributed by atoms with Gasteiger partial charge in [-0.15, -0.1) is 0 Å².